The molecule has 2 heterocycles. The molecule has 0 amide bonds. The Hall–Kier alpha value is -7.23. The summed E-state index contributed by atoms with van der Waals surface area (Å²) in [7, 11) is 0. The highest BCUT2D eigenvalue weighted by molar-refractivity contribution is 6.11. The standard InChI is InChI=1S/C56H45N3/c1-38-34-44(29-31-50(38)58-51-32-28-43(39-18-9-5-10-19-39)35-48(51)49-36-45(56(2,3)4)30-33-52(49)58)55-57-37-53(42-24-15-8-16-25-42)59(55)54-46(40-20-11-6-12-21-40)26-17-27-47(54)41-22-13-7-14-23-41/h5-37H,1-4H3. The Bertz CT molecular complexity index is 3050. The molecule has 0 saturated carbocycles. The van der Waals surface area contributed by atoms with Gasteiger partial charge in [-0.05, 0) is 88.2 Å². The van der Waals surface area contributed by atoms with Gasteiger partial charge in [0.1, 0.15) is 5.82 Å². The van der Waals surface area contributed by atoms with Crippen LogP contribution in [0.3, 0.4) is 0 Å². The molecule has 0 unspecified atom stereocenters. The lowest BCUT2D eigenvalue weighted by Gasteiger charge is -2.21. The van der Waals surface area contributed by atoms with Crippen molar-refractivity contribution in [3.05, 3.63) is 211 Å². The van der Waals surface area contributed by atoms with Gasteiger partial charge in [0.2, 0.25) is 0 Å². The molecule has 0 aliphatic carbocycles. The van der Waals surface area contributed by atoms with E-state index in [-0.39, 0.29) is 5.41 Å². The number of aryl methyl sites for hydroxylation is 1. The van der Waals surface area contributed by atoms with Crippen molar-refractivity contribution in [3.63, 3.8) is 0 Å². The Balaban J connectivity index is 1.20. The molecule has 8 aromatic carbocycles. The van der Waals surface area contributed by atoms with E-state index in [0.29, 0.717) is 0 Å². The van der Waals surface area contributed by atoms with Crippen LogP contribution in [0.2, 0.25) is 0 Å². The topological polar surface area (TPSA) is 22.8 Å². The van der Waals surface area contributed by atoms with E-state index in [0.717, 1.165) is 56.3 Å². The fraction of sp³-hybridized carbons (Fsp3) is 0.0893. The zero-order chi connectivity index (χ0) is 40.1. The highest BCUT2D eigenvalue weighted by Gasteiger charge is 2.24. The largest absolute Gasteiger partial charge is 0.309 e. The van der Waals surface area contributed by atoms with Crippen molar-refractivity contribution in [2.75, 3.05) is 0 Å². The first kappa shape index (κ1) is 36.1. The summed E-state index contributed by atoms with van der Waals surface area (Å²) in [5, 5.41) is 2.52. The first-order valence-corrected chi connectivity index (χ1v) is 20.5. The molecule has 0 aliphatic heterocycles. The third-order valence-electron chi connectivity index (χ3n) is 11.7. The first-order valence-electron chi connectivity index (χ1n) is 20.5. The van der Waals surface area contributed by atoms with Gasteiger partial charge in [0.05, 0.1) is 28.6 Å². The summed E-state index contributed by atoms with van der Waals surface area (Å²) in [4.78, 5) is 5.27. The van der Waals surface area contributed by atoms with Gasteiger partial charge in [-0.2, -0.15) is 0 Å². The molecule has 0 saturated heterocycles. The number of fused-ring (bicyclic) bond motifs is 3. The van der Waals surface area contributed by atoms with E-state index >= 15 is 0 Å². The molecule has 0 N–H and O–H groups in total. The average Bonchev–Trinajstić information content (AvgIpc) is 3.86. The molecule has 10 rings (SSSR count). The Morgan fingerprint density at radius 1 is 0.424 bits per heavy atom. The maximum absolute atomic E-state index is 5.27. The van der Waals surface area contributed by atoms with E-state index in [9.17, 15) is 0 Å². The van der Waals surface area contributed by atoms with Crippen LogP contribution in [0.5, 0.6) is 0 Å². The Morgan fingerprint density at radius 3 is 1.53 bits per heavy atom. The zero-order valence-electron chi connectivity index (χ0n) is 33.9. The Kier molecular flexibility index (Phi) is 8.95. The fourth-order valence-electron chi connectivity index (χ4n) is 8.69. The van der Waals surface area contributed by atoms with Crippen LogP contribution >= 0.6 is 0 Å². The number of benzene rings is 8. The summed E-state index contributed by atoms with van der Waals surface area (Å²) in [6.07, 6.45) is 2.04. The summed E-state index contributed by atoms with van der Waals surface area (Å²) in [5.74, 6) is 0.892. The van der Waals surface area contributed by atoms with Crippen molar-refractivity contribution >= 4 is 21.8 Å². The first-order chi connectivity index (χ1) is 28.8. The number of hydrogen-bond acceptors (Lipinski definition) is 1. The molecule has 0 radical (unpaired) electrons. The van der Waals surface area contributed by atoms with E-state index in [4.69, 9.17) is 4.98 Å². The number of nitrogens with zero attached hydrogens (tertiary/aromatic N) is 3. The number of rotatable bonds is 7. The minimum atomic E-state index is 0.0250. The minimum Gasteiger partial charge on any atom is -0.309 e. The summed E-state index contributed by atoms with van der Waals surface area (Å²) < 4.78 is 4.83. The van der Waals surface area contributed by atoms with Gasteiger partial charge >= 0.3 is 0 Å². The Morgan fingerprint density at radius 2 is 0.949 bits per heavy atom. The lowest BCUT2D eigenvalue weighted by atomic mass is 9.86. The van der Waals surface area contributed by atoms with Crippen LogP contribution in [0.25, 0.3) is 89.2 Å². The minimum absolute atomic E-state index is 0.0250. The smallest absolute Gasteiger partial charge is 0.145 e. The Labute approximate surface area is 346 Å². The fourth-order valence-corrected chi connectivity index (χ4v) is 8.69. The van der Waals surface area contributed by atoms with E-state index in [1.165, 1.54) is 44.1 Å². The average molecular weight is 760 g/mol. The summed E-state index contributed by atoms with van der Waals surface area (Å²) >= 11 is 0. The van der Waals surface area contributed by atoms with Crippen LogP contribution in [0.15, 0.2) is 200 Å². The number of imidazole rings is 1. The molecule has 284 valence electrons. The molecular weight excluding hydrogens is 715 g/mol. The highest BCUT2D eigenvalue weighted by atomic mass is 15.1. The molecule has 0 spiro atoms. The van der Waals surface area contributed by atoms with Crippen molar-refractivity contribution in [1.29, 1.82) is 0 Å². The van der Waals surface area contributed by atoms with Crippen LogP contribution in [0.1, 0.15) is 31.9 Å². The van der Waals surface area contributed by atoms with Gasteiger partial charge in [-0.1, -0.05) is 172 Å². The van der Waals surface area contributed by atoms with E-state index < -0.39 is 0 Å². The number of aromatic nitrogens is 3. The quantitative estimate of drug-likeness (QED) is 0.159. The number of para-hydroxylation sites is 1. The summed E-state index contributed by atoms with van der Waals surface area (Å²) in [6.45, 7) is 9.11. The van der Waals surface area contributed by atoms with Crippen LogP contribution in [-0.4, -0.2) is 14.1 Å². The molecule has 0 fully saturated rings. The van der Waals surface area contributed by atoms with Crippen molar-refractivity contribution in [1.82, 2.24) is 14.1 Å². The lowest BCUT2D eigenvalue weighted by Crippen LogP contribution is -2.10. The normalized spacial score (nSPS) is 11.7. The number of hydrogen-bond donors (Lipinski definition) is 0. The second-order valence-electron chi connectivity index (χ2n) is 16.5. The van der Waals surface area contributed by atoms with Gasteiger partial charge in [-0.25, -0.2) is 4.98 Å². The van der Waals surface area contributed by atoms with Gasteiger partial charge in [0.25, 0.3) is 0 Å². The van der Waals surface area contributed by atoms with Gasteiger partial charge in [-0.3, -0.25) is 4.57 Å². The molecule has 2 aromatic heterocycles. The van der Waals surface area contributed by atoms with E-state index in [2.05, 4.69) is 231 Å². The predicted molar refractivity (Wildman–Crippen MR) is 249 cm³/mol. The van der Waals surface area contributed by atoms with E-state index in [1.54, 1.807) is 0 Å². The maximum Gasteiger partial charge on any atom is 0.145 e. The van der Waals surface area contributed by atoms with Crippen LogP contribution in [0.4, 0.5) is 0 Å². The summed E-state index contributed by atoms with van der Waals surface area (Å²) in [6, 6.07) is 70.2. The van der Waals surface area contributed by atoms with Crippen molar-refractivity contribution in [2.24, 2.45) is 0 Å². The van der Waals surface area contributed by atoms with Gasteiger partial charge < -0.3 is 4.57 Å². The van der Waals surface area contributed by atoms with Crippen LogP contribution in [0, 0.1) is 6.92 Å². The third-order valence-corrected chi connectivity index (χ3v) is 11.7. The molecular formula is C56H45N3. The molecule has 0 aliphatic rings. The molecule has 0 bridgehead atoms. The second kappa shape index (κ2) is 14.6. The monoisotopic (exact) mass is 759 g/mol. The lowest BCUT2D eigenvalue weighted by molar-refractivity contribution is 0.591. The van der Waals surface area contributed by atoms with Gasteiger partial charge in [0, 0.05) is 38.7 Å². The van der Waals surface area contributed by atoms with Crippen molar-refractivity contribution < 1.29 is 0 Å². The van der Waals surface area contributed by atoms with Crippen LogP contribution in [-0.2, 0) is 5.41 Å². The van der Waals surface area contributed by atoms with Crippen molar-refractivity contribution in [2.45, 2.75) is 33.1 Å². The van der Waals surface area contributed by atoms with Crippen molar-refractivity contribution in [3.8, 4) is 67.4 Å². The van der Waals surface area contributed by atoms with Crippen LogP contribution < -0.4 is 0 Å². The maximum atomic E-state index is 5.27. The predicted octanol–water partition coefficient (Wildman–Crippen LogP) is 14.9. The molecule has 0 atom stereocenters. The summed E-state index contributed by atoms with van der Waals surface area (Å²) in [5.41, 5.74) is 17.4. The van der Waals surface area contributed by atoms with Gasteiger partial charge in [-0.15, -0.1) is 0 Å². The molecule has 10 aromatic rings. The van der Waals surface area contributed by atoms with E-state index in [1.807, 2.05) is 6.20 Å². The van der Waals surface area contributed by atoms with Gasteiger partial charge in [0.15, 0.2) is 0 Å². The molecule has 3 heteroatoms. The zero-order valence-corrected chi connectivity index (χ0v) is 33.9. The SMILES string of the molecule is Cc1cc(-c2ncc(-c3ccccc3)n2-c2c(-c3ccccc3)cccc2-c2ccccc2)ccc1-n1c2ccc(-c3ccccc3)cc2c2cc(C(C)(C)C)ccc21. The second-order valence-corrected chi connectivity index (χ2v) is 16.5. The molecule has 3 nitrogen and oxygen atoms in total. The molecule has 59 heavy (non-hydrogen) atoms. The highest BCUT2D eigenvalue weighted by Crippen LogP contribution is 2.43. The third kappa shape index (κ3) is 6.46.